The van der Waals surface area contributed by atoms with Gasteiger partial charge in [-0.1, -0.05) is 22.0 Å². The number of halogens is 1. The molecule has 0 aliphatic carbocycles. The van der Waals surface area contributed by atoms with Gasteiger partial charge in [0.05, 0.1) is 11.1 Å². The molecule has 2 aromatic rings. The highest BCUT2D eigenvalue weighted by Gasteiger charge is 2.36. The van der Waals surface area contributed by atoms with Crippen LogP contribution in [0.5, 0.6) is 0 Å². The number of ether oxygens (including phenoxy) is 1. The van der Waals surface area contributed by atoms with E-state index in [1.807, 2.05) is 0 Å². The van der Waals surface area contributed by atoms with Crippen molar-refractivity contribution in [1.29, 1.82) is 0 Å². The average Bonchev–Trinajstić information content (AvgIpc) is 2.95. The van der Waals surface area contributed by atoms with Crippen LogP contribution in [0.15, 0.2) is 46.9 Å². The van der Waals surface area contributed by atoms with Crippen molar-refractivity contribution in [3.05, 3.63) is 58.1 Å². The van der Waals surface area contributed by atoms with E-state index in [1.165, 1.54) is 18.2 Å². The van der Waals surface area contributed by atoms with Gasteiger partial charge in [0.25, 0.3) is 11.8 Å². The number of alkyl carbamates (subject to hydrolysis) is 1. The number of nitrogens with zero attached hydrogens (tertiary/aromatic N) is 1. The van der Waals surface area contributed by atoms with E-state index in [-0.39, 0.29) is 17.7 Å². The summed E-state index contributed by atoms with van der Waals surface area (Å²) in [5.74, 6) is -2.16. The van der Waals surface area contributed by atoms with Gasteiger partial charge in [0.2, 0.25) is 11.8 Å². The number of amides is 5. The fourth-order valence-corrected chi connectivity index (χ4v) is 3.46. The zero-order valence-corrected chi connectivity index (χ0v) is 20.3. The predicted molar refractivity (Wildman–Crippen MR) is 127 cm³/mol. The molecule has 0 radical (unpaired) electrons. The van der Waals surface area contributed by atoms with E-state index >= 15 is 0 Å². The number of hydrogen-bond acceptors (Lipinski definition) is 6. The number of hydrogen-bond donors (Lipinski definition) is 3. The third kappa shape index (κ3) is 6.41. The first-order chi connectivity index (χ1) is 15.9. The van der Waals surface area contributed by atoms with Crippen LogP contribution < -0.4 is 16.0 Å². The molecule has 0 fully saturated rings. The van der Waals surface area contributed by atoms with Crippen molar-refractivity contribution in [2.24, 2.45) is 0 Å². The number of anilines is 2. The van der Waals surface area contributed by atoms with Crippen molar-refractivity contribution in [3.63, 3.8) is 0 Å². The van der Waals surface area contributed by atoms with Crippen LogP contribution in [0.4, 0.5) is 16.2 Å². The summed E-state index contributed by atoms with van der Waals surface area (Å²) in [4.78, 5) is 62.1. The second kappa shape index (κ2) is 10.0. The fraction of sp³-hybridized carbons (Fsp3) is 0.261. The van der Waals surface area contributed by atoms with Gasteiger partial charge in [0.15, 0.2) is 0 Å². The summed E-state index contributed by atoms with van der Waals surface area (Å²) in [7, 11) is 0. The Hall–Kier alpha value is -3.73. The van der Waals surface area contributed by atoms with Gasteiger partial charge in [0, 0.05) is 15.8 Å². The summed E-state index contributed by atoms with van der Waals surface area (Å²) in [6.07, 6.45) is -0.718. The van der Waals surface area contributed by atoms with E-state index in [0.29, 0.717) is 15.8 Å². The van der Waals surface area contributed by atoms with Gasteiger partial charge in [0.1, 0.15) is 18.7 Å². The number of rotatable bonds is 6. The van der Waals surface area contributed by atoms with E-state index < -0.39 is 41.9 Å². The van der Waals surface area contributed by atoms with Crippen LogP contribution in [-0.4, -0.2) is 53.3 Å². The van der Waals surface area contributed by atoms with Crippen molar-refractivity contribution in [2.75, 3.05) is 23.7 Å². The molecule has 3 rings (SSSR count). The van der Waals surface area contributed by atoms with E-state index in [1.54, 1.807) is 45.0 Å². The minimum atomic E-state index is -0.718. The van der Waals surface area contributed by atoms with E-state index in [2.05, 4.69) is 31.9 Å². The van der Waals surface area contributed by atoms with Crippen molar-refractivity contribution in [1.82, 2.24) is 10.2 Å². The summed E-state index contributed by atoms with van der Waals surface area (Å²) in [5, 5.41) is 7.55. The largest absolute Gasteiger partial charge is 0.444 e. The molecular weight excluding hydrogens is 508 g/mol. The second-order valence-corrected chi connectivity index (χ2v) is 9.33. The van der Waals surface area contributed by atoms with Gasteiger partial charge in [-0.15, -0.1) is 0 Å². The summed E-state index contributed by atoms with van der Waals surface area (Å²) in [6.45, 7) is 4.36. The number of benzene rings is 2. The predicted octanol–water partition coefficient (Wildman–Crippen LogP) is 3.15. The normalized spacial score (nSPS) is 12.8. The van der Waals surface area contributed by atoms with Crippen LogP contribution in [0.3, 0.4) is 0 Å². The highest BCUT2D eigenvalue weighted by atomic mass is 79.9. The summed E-state index contributed by atoms with van der Waals surface area (Å²) in [6, 6.07) is 11.0. The topological polar surface area (TPSA) is 134 Å². The molecular formula is C23H23BrN4O6. The first kappa shape index (κ1) is 24.9. The molecule has 3 N–H and O–H groups in total. The van der Waals surface area contributed by atoms with Crippen LogP contribution in [0.2, 0.25) is 0 Å². The first-order valence-electron chi connectivity index (χ1n) is 10.3. The van der Waals surface area contributed by atoms with Gasteiger partial charge in [-0.2, -0.15) is 0 Å². The number of carbonyl (C=O) groups excluding carboxylic acids is 5. The lowest BCUT2D eigenvalue weighted by Gasteiger charge is -2.19. The Labute approximate surface area is 204 Å². The van der Waals surface area contributed by atoms with Crippen LogP contribution in [0.1, 0.15) is 41.5 Å². The minimum absolute atomic E-state index is 0.233. The lowest BCUT2D eigenvalue weighted by Crippen LogP contribution is -2.37. The SMILES string of the molecule is CC(C)(C)OC(=O)NCC(=O)Nc1cccc(NC(=O)CN2C(=O)c3ccc(Br)cc3C2=O)c1. The molecule has 178 valence electrons. The number of imide groups is 1. The Kier molecular flexibility index (Phi) is 7.35. The lowest BCUT2D eigenvalue weighted by atomic mass is 10.1. The average molecular weight is 531 g/mol. The zero-order valence-electron chi connectivity index (χ0n) is 18.7. The van der Waals surface area contributed by atoms with Crippen molar-refractivity contribution >= 4 is 57.0 Å². The van der Waals surface area contributed by atoms with Crippen molar-refractivity contribution < 1.29 is 28.7 Å². The molecule has 2 aromatic carbocycles. The monoisotopic (exact) mass is 530 g/mol. The third-order valence-electron chi connectivity index (χ3n) is 4.46. The second-order valence-electron chi connectivity index (χ2n) is 8.42. The fourth-order valence-electron chi connectivity index (χ4n) is 3.10. The van der Waals surface area contributed by atoms with E-state index in [0.717, 1.165) is 4.90 Å². The zero-order chi connectivity index (χ0) is 25.0. The molecule has 1 aliphatic heterocycles. The first-order valence-corrected chi connectivity index (χ1v) is 11.0. The molecule has 0 unspecified atom stereocenters. The molecule has 5 amide bonds. The maximum Gasteiger partial charge on any atom is 0.408 e. The molecule has 0 bridgehead atoms. The molecule has 34 heavy (non-hydrogen) atoms. The minimum Gasteiger partial charge on any atom is -0.444 e. The molecule has 0 spiro atoms. The number of nitrogens with one attached hydrogen (secondary N) is 3. The Morgan fingerprint density at radius 2 is 1.53 bits per heavy atom. The van der Waals surface area contributed by atoms with Crippen molar-refractivity contribution in [2.45, 2.75) is 26.4 Å². The Balaban J connectivity index is 1.55. The molecule has 10 nitrogen and oxygen atoms in total. The van der Waals surface area contributed by atoms with Crippen LogP contribution in [0.25, 0.3) is 0 Å². The Morgan fingerprint density at radius 3 is 2.18 bits per heavy atom. The van der Waals surface area contributed by atoms with Crippen LogP contribution in [-0.2, 0) is 14.3 Å². The summed E-state index contributed by atoms with van der Waals surface area (Å²) < 4.78 is 5.72. The summed E-state index contributed by atoms with van der Waals surface area (Å²) >= 11 is 3.26. The summed E-state index contributed by atoms with van der Waals surface area (Å²) in [5.41, 5.74) is 0.515. The van der Waals surface area contributed by atoms with Crippen LogP contribution in [0, 0.1) is 0 Å². The van der Waals surface area contributed by atoms with E-state index in [4.69, 9.17) is 4.74 Å². The smallest absolute Gasteiger partial charge is 0.408 e. The molecule has 0 saturated carbocycles. The number of carbonyl (C=O) groups is 5. The molecule has 11 heteroatoms. The van der Waals surface area contributed by atoms with Crippen LogP contribution >= 0.6 is 15.9 Å². The van der Waals surface area contributed by atoms with Crippen molar-refractivity contribution in [3.8, 4) is 0 Å². The van der Waals surface area contributed by atoms with E-state index in [9.17, 15) is 24.0 Å². The highest BCUT2D eigenvalue weighted by molar-refractivity contribution is 9.10. The standard InChI is InChI=1S/C23H23BrN4O6/c1-23(2,3)34-22(33)25-11-18(29)26-14-5-4-6-15(10-14)27-19(30)12-28-20(31)16-8-7-13(24)9-17(16)21(28)32/h4-10H,11-12H2,1-3H3,(H,25,33)(H,26,29)(H,27,30). The van der Waals surface area contributed by atoms with Gasteiger partial charge in [-0.3, -0.25) is 24.1 Å². The molecule has 1 heterocycles. The molecule has 1 aliphatic rings. The van der Waals surface area contributed by atoms with Gasteiger partial charge >= 0.3 is 6.09 Å². The lowest BCUT2D eigenvalue weighted by molar-refractivity contribution is -0.116. The Morgan fingerprint density at radius 1 is 0.912 bits per heavy atom. The van der Waals surface area contributed by atoms with Gasteiger partial charge < -0.3 is 20.7 Å². The molecule has 0 atom stereocenters. The third-order valence-corrected chi connectivity index (χ3v) is 4.95. The quantitative estimate of drug-likeness (QED) is 0.491. The van der Waals surface area contributed by atoms with Gasteiger partial charge in [-0.25, -0.2) is 4.79 Å². The Bertz CT molecular complexity index is 1170. The van der Waals surface area contributed by atoms with Gasteiger partial charge in [-0.05, 0) is 57.2 Å². The maximum atomic E-state index is 12.5. The number of fused-ring (bicyclic) bond motifs is 1. The molecule has 0 aromatic heterocycles. The highest BCUT2D eigenvalue weighted by Crippen LogP contribution is 2.26. The molecule has 0 saturated heterocycles. The maximum absolute atomic E-state index is 12.5.